The number of Topliss-reactive ketones (excluding diaryl/α,β-unsaturated/α-hetero) is 1. The van der Waals surface area contributed by atoms with Crippen LogP contribution in [-0.2, 0) is 11.3 Å². The van der Waals surface area contributed by atoms with Crippen LogP contribution in [0.25, 0.3) is 10.8 Å². The number of anilines is 1. The number of fused-ring (bicyclic) bond motifs is 1. The second-order valence-corrected chi connectivity index (χ2v) is 7.71. The van der Waals surface area contributed by atoms with Gasteiger partial charge < -0.3 is 15.5 Å². The number of benzene rings is 3. The van der Waals surface area contributed by atoms with E-state index in [4.69, 9.17) is 5.73 Å². The first-order valence-corrected chi connectivity index (χ1v) is 10.4. The third-order valence-corrected chi connectivity index (χ3v) is 5.35. The number of ketones is 1. The van der Waals surface area contributed by atoms with Gasteiger partial charge in [-0.1, -0.05) is 36.4 Å². The number of carbonyl (C=O) groups is 2. The zero-order chi connectivity index (χ0) is 22.4. The molecule has 5 nitrogen and oxygen atoms in total. The first-order valence-electron chi connectivity index (χ1n) is 10.4. The number of hydrogen-bond donors (Lipinski definition) is 1. The summed E-state index contributed by atoms with van der Waals surface area (Å²) < 4.78 is 14.1. The van der Waals surface area contributed by atoms with Crippen LogP contribution in [0.1, 0.15) is 29.3 Å². The molecule has 0 atom stereocenters. The summed E-state index contributed by atoms with van der Waals surface area (Å²) >= 11 is 0. The van der Waals surface area contributed by atoms with E-state index in [1.54, 1.807) is 30.0 Å². The molecule has 0 fully saturated rings. The van der Waals surface area contributed by atoms with Crippen LogP contribution in [-0.4, -0.2) is 43.3 Å². The molecule has 0 saturated heterocycles. The SMILES string of the molecule is CC(=O)c1ccc2cc(N(C)CC(=O)N(CCCN)Cc3ccccc3F)ccc2c1. The molecule has 0 unspecified atom stereocenters. The minimum Gasteiger partial charge on any atom is -0.365 e. The lowest BCUT2D eigenvalue weighted by Crippen LogP contribution is -2.39. The molecular weight excluding hydrogens is 393 g/mol. The fourth-order valence-electron chi connectivity index (χ4n) is 3.49. The quantitative estimate of drug-likeness (QED) is 0.531. The van der Waals surface area contributed by atoms with Gasteiger partial charge in [0, 0.05) is 37.0 Å². The Hall–Kier alpha value is -3.25. The Morgan fingerprint density at radius 2 is 1.71 bits per heavy atom. The van der Waals surface area contributed by atoms with Crippen molar-refractivity contribution >= 4 is 28.2 Å². The van der Waals surface area contributed by atoms with Crippen molar-refractivity contribution in [3.05, 3.63) is 77.6 Å². The van der Waals surface area contributed by atoms with Gasteiger partial charge in [0.25, 0.3) is 0 Å². The molecule has 0 heterocycles. The Labute approximate surface area is 182 Å². The Balaban J connectivity index is 1.75. The van der Waals surface area contributed by atoms with E-state index in [1.807, 2.05) is 48.3 Å². The van der Waals surface area contributed by atoms with Gasteiger partial charge in [-0.05, 0) is 54.9 Å². The highest BCUT2D eigenvalue weighted by molar-refractivity contribution is 5.99. The maximum absolute atomic E-state index is 14.1. The van der Waals surface area contributed by atoms with Crippen LogP contribution in [0, 0.1) is 5.82 Å². The highest BCUT2D eigenvalue weighted by Gasteiger charge is 2.18. The van der Waals surface area contributed by atoms with Gasteiger partial charge in [-0.3, -0.25) is 9.59 Å². The Kier molecular flexibility index (Phi) is 7.36. The smallest absolute Gasteiger partial charge is 0.242 e. The molecular formula is C25H28FN3O2. The van der Waals surface area contributed by atoms with Crippen LogP contribution in [0.15, 0.2) is 60.7 Å². The molecule has 3 aromatic rings. The number of nitrogens with two attached hydrogens (primary N) is 1. The molecule has 0 saturated carbocycles. The van der Waals surface area contributed by atoms with Crippen molar-refractivity contribution in [1.82, 2.24) is 4.90 Å². The van der Waals surface area contributed by atoms with Crippen molar-refractivity contribution in [2.45, 2.75) is 19.9 Å². The standard InChI is InChI=1S/C25H28FN3O2/c1-18(30)19-8-9-21-15-23(11-10-20(21)14-19)28(2)17-25(31)29(13-5-12-27)16-22-6-3-4-7-24(22)26/h3-4,6-11,14-15H,5,12-13,16-17,27H2,1-2H3. The van der Waals surface area contributed by atoms with Gasteiger partial charge in [0.1, 0.15) is 5.82 Å². The summed E-state index contributed by atoms with van der Waals surface area (Å²) in [5.41, 5.74) is 7.68. The summed E-state index contributed by atoms with van der Waals surface area (Å²) in [6.45, 7) is 2.86. The first kappa shape index (κ1) is 22.4. The summed E-state index contributed by atoms with van der Waals surface area (Å²) in [7, 11) is 1.85. The number of likely N-dealkylation sites (N-methyl/N-ethyl adjacent to an activating group) is 1. The molecule has 2 N–H and O–H groups in total. The number of carbonyl (C=O) groups excluding carboxylic acids is 2. The highest BCUT2D eigenvalue weighted by Crippen LogP contribution is 2.23. The first-order chi connectivity index (χ1) is 14.9. The molecule has 0 aromatic heterocycles. The van der Waals surface area contributed by atoms with Gasteiger partial charge in [0.2, 0.25) is 5.91 Å². The van der Waals surface area contributed by atoms with Crippen LogP contribution in [0.3, 0.4) is 0 Å². The lowest BCUT2D eigenvalue weighted by Gasteiger charge is -2.27. The monoisotopic (exact) mass is 421 g/mol. The fraction of sp³-hybridized carbons (Fsp3) is 0.280. The number of halogens is 1. The molecule has 1 amide bonds. The van der Waals surface area contributed by atoms with Crippen molar-refractivity contribution in [3.63, 3.8) is 0 Å². The predicted octanol–water partition coefficient (Wildman–Crippen LogP) is 4.00. The second kappa shape index (κ2) is 10.2. The summed E-state index contributed by atoms with van der Waals surface area (Å²) in [6.07, 6.45) is 0.651. The fourth-order valence-corrected chi connectivity index (χ4v) is 3.49. The minimum atomic E-state index is -0.319. The van der Waals surface area contributed by atoms with E-state index in [9.17, 15) is 14.0 Å². The third-order valence-electron chi connectivity index (χ3n) is 5.35. The maximum Gasteiger partial charge on any atom is 0.242 e. The number of amides is 1. The van der Waals surface area contributed by atoms with Crippen LogP contribution >= 0.6 is 0 Å². The average molecular weight is 422 g/mol. The van der Waals surface area contributed by atoms with Crippen molar-refractivity contribution in [2.24, 2.45) is 5.73 Å². The van der Waals surface area contributed by atoms with E-state index in [1.165, 1.54) is 6.07 Å². The molecule has 0 aliphatic carbocycles. The predicted molar refractivity (Wildman–Crippen MR) is 123 cm³/mol. The summed E-state index contributed by atoms with van der Waals surface area (Å²) in [5, 5.41) is 1.97. The summed E-state index contributed by atoms with van der Waals surface area (Å²) in [4.78, 5) is 28.1. The van der Waals surface area contributed by atoms with E-state index < -0.39 is 0 Å². The lowest BCUT2D eigenvalue weighted by atomic mass is 10.0. The summed E-state index contributed by atoms with van der Waals surface area (Å²) in [5.74, 6) is -0.381. The van der Waals surface area contributed by atoms with Gasteiger partial charge in [0.05, 0.1) is 6.54 Å². The average Bonchev–Trinajstić information content (AvgIpc) is 2.76. The zero-order valence-electron chi connectivity index (χ0n) is 18.0. The van der Waals surface area contributed by atoms with E-state index >= 15 is 0 Å². The lowest BCUT2D eigenvalue weighted by molar-refractivity contribution is -0.130. The number of hydrogen-bond acceptors (Lipinski definition) is 4. The number of nitrogens with zero attached hydrogens (tertiary/aromatic N) is 2. The van der Waals surface area contributed by atoms with Gasteiger partial charge in [-0.15, -0.1) is 0 Å². The molecule has 162 valence electrons. The van der Waals surface area contributed by atoms with Gasteiger partial charge >= 0.3 is 0 Å². The van der Waals surface area contributed by atoms with E-state index in [2.05, 4.69) is 0 Å². The minimum absolute atomic E-state index is 0.0288. The van der Waals surface area contributed by atoms with Crippen LogP contribution in [0.5, 0.6) is 0 Å². The van der Waals surface area contributed by atoms with Crippen molar-refractivity contribution in [3.8, 4) is 0 Å². The van der Waals surface area contributed by atoms with Crippen molar-refractivity contribution < 1.29 is 14.0 Å². The molecule has 3 aromatic carbocycles. The van der Waals surface area contributed by atoms with Crippen LogP contribution < -0.4 is 10.6 Å². The van der Waals surface area contributed by atoms with E-state index in [-0.39, 0.29) is 30.6 Å². The molecule has 0 aliphatic rings. The van der Waals surface area contributed by atoms with Gasteiger partial charge in [0.15, 0.2) is 5.78 Å². The maximum atomic E-state index is 14.1. The normalized spacial score (nSPS) is 10.8. The van der Waals surface area contributed by atoms with Crippen molar-refractivity contribution in [2.75, 3.05) is 31.6 Å². The van der Waals surface area contributed by atoms with Crippen molar-refractivity contribution in [1.29, 1.82) is 0 Å². The molecule has 3 rings (SSSR count). The Morgan fingerprint density at radius 1 is 1.00 bits per heavy atom. The van der Waals surface area contributed by atoms with Gasteiger partial charge in [-0.25, -0.2) is 4.39 Å². The van der Waals surface area contributed by atoms with Crippen LogP contribution in [0.4, 0.5) is 10.1 Å². The van der Waals surface area contributed by atoms with Crippen LogP contribution in [0.2, 0.25) is 0 Å². The van der Waals surface area contributed by atoms with Gasteiger partial charge in [-0.2, -0.15) is 0 Å². The molecule has 0 aliphatic heterocycles. The Bertz CT molecular complexity index is 1080. The number of rotatable bonds is 9. The summed E-state index contributed by atoms with van der Waals surface area (Å²) in [6, 6.07) is 18.0. The zero-order valence-corrected chi connectivity index (χ0v) is 18.0. The molecule has 0 bridgehead atoms. The molecule has 6 heteroatoms. The largest absolute Gasteiger partial charge is 0.365 e. The third kappa shape index (κ3) is 5.67. The molecule has 0 radical (unpaired) electrons. The molecule has 0 spiro atoms. The second-order valence-electron chi connectivity index (χ2n) is 7.71. The Morgan fingerprint density at radius 3 is 2.42 bits per heavy atom. The highest BCUT2D eigenvalue weighted by atomic mass is 19.1. The van der Waals surface area contributed by atoms with E-state index in [0.29, 0.717) is 30.6 Å². The van der Waals surface area contributed by atoms with E-state index in [0.717, 1.165) is 16.5 Å². The molecule has 31 heavy (non-hydrogen) atoms. The topological polar surface area (TPSA) is 66.6 Å².